The van der Waals surface area contributed by atoms with Gasteiger partial charge in [0.25, 0.3) is 0 Å². The van der Waals surface area contributed by atoms with Gasteiger partial charge in [-0.25, -0.2) is 4.98 Å². The van der Waals surface area contributed by atoms with E-state index in [9.17, 15) is 13.2 Å². The molecule has 2 rings (SSSR count). The molecule has 0 radical (unpaired) electrons. The monoisotopic (exact) mass is 318 g/mol. The highest BCUT2D eigenvalue weighted by Crippen LogP contribution is 2.28. The maximum atomic E-state index is 12.4. The standard InChI is InChI=1S/C11H6BrF3N2O/c12-7-2-1-3-8(6-7)18-9-4-5-16-10(17-9)11(13,14)15/h1-6H. The van der Waals surface area contributed by atoms with E-state index in [0.29, 0.717) is 5.75 Å². The molecule has 3 nitrogen and oxygen atoms in total. The summed E-state index contributed by atoms with van der Waals surface area (Å²) in [6.07, 6.45) is -3.58. The van der Waals surface area contributed by atoms with Gasteiger partial charge in [-0.3, -0.25) is 0 Å². The van der Waals surface area contributed by atoms with Gasteiger partial charge in [0.2, 0.25) is 11.7 Å². The van der Waals surface area contributed by atoms with E-state index in [0.717, 1.165) is 10.7 Å². The molecule has 0 N–H and O–H groups in total. The number of hydrogen-bond donors (Lipinski definition) is 0. The van der Waals surface area contributed by atoms with Crippen LogP contribution in [0.4, 0.5) is 13.2 Å². The minimum Gasteiger partial charge on any atom is -0.439 e. The molecule has 0 aliphatic carbocycles. The molecule has 1 aromatic carbocycles. The van der Waals surface area contributed by atoms with E-state index >= 15 is 0 Å². The van der Waals surface area contributed by atoms with E-state index in [1.54, 1.807) is 24.3 Å². The van der Waals surface area contributed by atoms with Crippen molar-refractivity contribution in [1.29, 1.82) is 0 Å². The Hall–Kier alpha value is -1.63. The van der Waals surface area contributed by atoms with Gasteiger partial charge in [-0.2, -0.15) is 18.2 Å². The fraction of sp³-hybridized carbons (Fsp3) is 0.0909. The van der Waals surface area contributed by atoms with E-state index < -0.39 is 12.0 Å². The van der Waals surface area contributed by atoms with Gasteiger partial charge < -0.3 is 4.74 Å². The molecule has 94 valence electrons. The van der Waals surface area contributed by atoms with Gasteiger partial charge in [-0.1, -0.05) is 22.0 Å². The second kappa shape index (κ2) is 4.93. The Morgan fingerprint density at radius 3 is 2.61 bits per heavy atom. The van der Waals surface area contributed by atoms with Crippen molar-refractivity contribution in [3.8, 4) is 11.6 Å². The van der Waals surface area contributed by atoms with Gasteiger partial charge in [0, 0.05) is 16.7 Å². The average molecular weight is 319 g/mol. The Labute approximate surface area is 109 Å². The Morgan fingerprint density at radius 1 is 1.17 bits per heavy atom. The van der Waals surface area contributed by atoms with Crippen LogP contribution in [0.1, 0.15) is 5.82 Å². The van der Waals surface area contributed by atoms with Crippen molar-refractivity contribution < 1.29 is 17.9 Å². The quantitative estimate of drug-likeness (QED) is 0.837. The average Bonchev–Trinajstić information content (AvgIpc) is 2.28. The van der Waals surface area contributed by atoms with Crippen LogP contribution in [0.25, 0.3) is 0 Å². The summed E-state index contributed by atoms with van der Waals surface area (Å²) in [5, 5.41) is 0. The topological polar surface area (TPSA) is 35.0 Å². The highest BCUT2D eigenvalue weighted by atomic mass is 79.9. The van der Waals surface area contributed by atoms with E-state index in [1.165, 1.54) is 6.07 Å². The zero-order chi connectivity index (χ0) is 13.2. The van der Waals surface area contributed by atoms with Crippen LogP contribution in [-0.4, -0.2) is 9.97 Å². The van der Waals surface area contributed by atoms with Crippen LogP contribution in [0.2, 0.25) is 0 Å². The predicted molar refractivity (Wildman–Crippen MR) is 61.3 cm³/mol. The van der Waals surface area contributed by atoms with Crippen molar-refractivity contribution in [3.05, 3.63) is 46.8 Å². The van der Waals surface area contributed by atoms with Crippen molar-refractivity contribution in [2.45, 2.75) is 6.18 Å². The van der Waals surface area contributed by atoms with Crippen molar-refractivity contribution in [2.24, 2.45) is 0 Å². The lowest BCUT2D eigenvalue weighted by Crippen LogP contribution is -2.10. The van der Waals surface area contributed by atoms with Crippen LogP contribution in [0.5, 0.6) is 11.6 Å². The lowest BCUT2D eigenvalue weighted by Gasteiger charge is -2.07. The summed E-state index contributed by atoms with van der Waals surface area (Å²) in [6.45, 7) is 0. The second-order valence-electron chi connectivity index (χ2n) is 3.28. The molecule has 0 fully saturated rings. The summed E-state index contributed by atoms with van der Waals surface area (Å²) < 4.78 is 43.1. The highest BCUT2D eigenvalue weighted by Gasteiger charge is 2.34. The number of nitrogens with zero attached hydrogens (tertiary/aromatic N) is 2. The molecule has 0 aliphatic rings. The van der Waals surface area contributed by atoms with Gasteiger partial charge in [0.1, 0.15) is 5.75 Å². The Morgan fingerprint density at radius 2 is 1.94 bits per heavy atom. The summed E-state index contributed by atoms with van der Waals surface area (Å²) in [5.41, 5.74) is 0. The molecule has 1 heterocycles. The molecular weight excluding hydrogens is 313 g/mol. The molecule has 18 heavy (non-hydrogen) atoms. The summed E-state index contributed by atoms with van der Waals surface area (Å²) in [4.78, 5) is 6.44. The van der Waals surface area contributed by atoms with E-state index in [2.05, 4.69) is 25.9 Å². The number of halogens is 4. The molecule has 0 atom stereocenters. The number of benzene rings is 1. The largest absolute Gasteiger partial charge is 0.451 e. The molecule has 0 bridgehead atoms. The van der Waals surface area contributed by atoms with Gasteiger partial charge in [-0.15, -0.1) is 0 Å². The van der Waals surface area contributed by atoms with E-state index in [1.807, 2.05) is 0 Å². The number of hydrogen-bond acceptors (Lipinski definition) is 3. The Bertz CT molecular complexity index is 560. The van der Waals surface area contributed by atoms with Crippen LogP contribution in [0, 0.1) is 0 Å². The SMILES string of the molecule is FC(F)(F)c1nccc(Oc2cccc(Br)c2)n1. The third-order valence-electron chi connectivity index (χ3n) is 1.90. The van der Waals surface area contributed by atoms with Crippen LogP contribution in [0.15, 0.2) is 41.0 Å². The summed E-state index contributed by atoms with van der Waals surface area (Å²) in [6, 6.07) is 7.96. The highest BCUT2D eigenvalue weighted by molar-refractivity contribution is 9.10. The normalized spacial score (nSPS) is 11.3. The Balaban J connectivity index is 2.25. The molecule has 1 aromatic heterocycles. The zero-order valence-corrected chi connectivity index (χ0v) is 10.4. The third-order valence-corrected chi connectivity index (χ3v) is 2.40. The zero-order valence-electron chi connectivity index (χ0n) is 8.78. The number of rotatable bonds is 2. The fourth-order valence-electron chi connectivity index (χ4n) is 1.19. The molecule has 0 spiro atoms. The first-order valence-corrected chi connectivity index (χ1v) is 5.58. The molecule has 0 unspecified atom stereocenters. The molecule has 2 aromatic rings. The number of ether oxygens (including phenoxy) is 1. The number of aromatic nitrogens is 2. The third kappa shape index (κ3) is 3.19. The minimum atomic E-state index is -4.59. The summed E-state index contributed by atoms with van der Waals surface area (Å²) >= 11 is 3.23. The van der Waals surface area contributed by atoms with E-state index in [4.69, 9.17) is 4.74 Å². The van der Waals surface area contributed by atoms with Gasteiger partial charge in [0.15, 0.2) is 0 Å². The molecular formula is C11H6BrF3N2O. The lowest BCUT2D eigenvalue weighted by molar-refractivity contribution is -0.145. The van der Waals surface area contributed by atoms with Crippen molar-refractivity contribution in [1.82, 2.24) is 9.97 Å². The van der Waals surface area contributed by atoms with Crippen LogP contribution in [-0.2, 0) is 6.18 Å². The maximum Gasteiger partial charge on any atom is 0.451 e. The first-order valence-electron chi connectivity index (χ1n) is 4.79. The molecule has 0 saturated carbocycles. The van der Waals surface area contributed by atoms with E-state index in [-0.39, 0.29) is 5.88 Å². The Kier molecular flexibility index (Phi) is 3.51. The predicted octanol–water partition coefficient (Wildman–Crippen LogP) is 4.05. The summed E-state index contributed by atoms with van der Waals surface area (Å²) in [5.74, 6) is -0.998. The first-order chi connectivity index (χ1) is 8.45. The molecule has 0 amide bonds. The maximum absolute atomic E-state index is 12.4. The van der Waals surface area contributed by atoms with Gasteiger partial charge in [0.05, 0.1) is 0 Å². The number of alkyl halides is 3. The molecule has 7 heteroatoms. The van der Waals surface area contributed by atoms with Crippen LogP contribution < -0.4 is 4.74 Å². The van der Waals surface area contributed by atoms with Crippen molar-refractivity contribution >= 4 is 15.9 Å². The first kappa shape index (κ1) is 12.8. The van der Waals surface area contributed by atoms with Gasteiger partial charge >= 0.3 is 6.18 Å². The van der Waals surface area contributed by atoms with Crippen molar-refractivity contribution in [3.63, 3.8) is 0 Å². The van der Waals surface area contributed by atoms with Crippen LogP contribution in [0.3, 0.4) is 0 Å². The molecule has 0 aliphatic heterocycles. The minimum absolute atomic E-state index is 0.157. The fourth-order valence-corrected chi connectivity index (χ4v) is 1.57. The smallest absolute Gasteiger partial charge is 0.439 e. The summed E-state index contributed by atoms with van der Waals surface area (Å²) in [7, 11) is 0. The van der Waals surface area contributed by atoms with Gasteiger partial charge in [-0.05, 0) is 18.2 Å². The molecule has 0 saturated heterocycles. The lowest BCUT2D eigenvalue weighted by atomic mass is 10.3. The van der Waals surface area contributed by atoms with Crippen molar-refractivity contribution in [2.75, 3.05) is 0 Å². The second-order valence-corrected chi connectivity index (χ2v) is 4.19. The van der Waals surface area contributed by atoms with Crippen LogP contribution >= 0.6 is 15.9 Å².